The van der Waals surface area contributed by atoms with Crippen molar-refractivity contribution in [2.24, 2.45) is 0 Å². The highest BCUT2D eigenvalue weighted by atomic mass is 32.1. The van der Waals surface area contributed by atoms with E-state index in [2.05, 4.69) is 56.7 Å². The van der Waals surface area contributed by atoms with Crippen LogP contribution in [0.15, 0.2) is 16.8 Å². The molecule has 0 aromatic carbocycles. The molecule has 0 fully saturated rings. The van der Waals surface area contributed by atoms with Gasteiger partial charge >= 0.3 is 0 Å². The van der Waals surface area contributed by atoms with Crippen molar-refractivity contribution in [1.29, 1.82) is 0 Å². The van der Waals surface area contributed by atoms with Gasteiger partial charge in [0.2, 0.25) is 7.41 Å². The molecule has 1 rings (SSSR count). The molecule has 13 heavy (non-hydrogen) atoms. The van der Waals surface area contributed by atoms with E-state index in [9.17, 15) is 0 Å². The summed E-state index contributed by atoms with van der Waals surface area (Å²) in [7, 11) is 2.24. The van der Waals surface area contributed by atoms with Crippen molar-refractivity contribution < 1.29 is 0 Å². The van der Waals surface area contributed by atoms with Gasteiger partial charge in [0.25, 0.3) is 0 Å². The van der Waals surface area contributed by atoms with Crippen LogP contribution >= 0.6 is 11.3 Å². The second-order valence-corrected chi connectivity index (χ2v) is 4.60. The lowest BCUT2D eigenvalue weighted by molar-refractivity contribution is 0.315. The molecule has 1 radical (unpaired) electrons. The highest BCUT2D eigenvalue weighted by Gasteiger charge is 2.14. The fraction of sp³-hybridized carbons (Fsp3) is 0.600. The standard InChI is InChI=1S/C10H17BNS/c1-8(2)12(9(3)4)11-10-5-6-13-7-10/h5-9H,1-4H3. The molecule has 71 valence electrons. The van der Waals surface area contributed by atoms with Crippen molar-refractivity contribution in [3.63, 3.8) is 0 Å². The van der Waals surface area contributed by atoms with Gasteiger partial charge in [-0.25, -0.2) is 0 Å². The summed E-state index contributed by atoms with van der Waals surface area (Å²) >= 11 is 1.75. The van der Waals surface area contributed by atoms with Gasteiger partial charge in [0.1, 0.15) is 0 Å². The zero-order valence-corrected chi connectivity index (χ0v) is 9.64. The van der Waals surface area contributed by atoms with E-state index in [0.717, 1.165) is 0 Å². The normalized spacial score (nSPS) is 11.6. The number of thiophene rings is 1. The van der Waals surface area contributed by atoms with Gasteiger partial charge in [-0.05, 0) is 22.8 Å². The SMILES string of the molecule is CC(C)N([B]c1ccsc1)C(C)C. The Hall–Kier alpha value is -0.275. The minimum absolute atomic E-state index is 0.569. The van der Waals surface area contributed by atoms with Crippen LogP contribution in [0.25, 0.3) is 0 Å². The van der Waals surface area contributed by atoms with Gasteiger partial charge in [-0.1, -0.05) is 39.2 Å². The van der Waals surface area contributed by atoms with Crippen molar-refractivity contribution in [2.75, 3.05) is 0 Å². The van der Waals surface area contributed by atoms with E-state index in [-0.39, 0.29) is 0 Å². The summed E-state index contributed by atoms with van der Waals surface area (Å²) in [5, 5.41) is 4.29. The predicted molar refractivity (Wildman–Crippen MR) is 61.8 cm³/mol. The maximum Gasteiger partial charge on any atom is 0.249 e. The first-order chi connectivity index (χ1) is 6.11. The van der Waals surface area contributed by atoms with Gasteiger partial charge in [-0.2, -0.15) is 11.3 Å². The van der Waals surface area contributed by atoms with Crippen LogP contribution in [0.3, 0.4) is 0 Å². The Bertz CT molecular complexity index is 223. The van der Waals surface area contributed by atoms with Crippen LogP contribution in [0.2, 0.25) is 0 Å². The average molecular weight is 194 g/mol. The van der Waals surface area contributed by atoms with Crippen molar-refractivity contribution in [3.05, 3.63) is 16.8 Å². The fourth-order valence-corrected chi connectivity index (χ4v) is 2.03. The number of nitrogens with zero attached hydrogens (tertiary/aromatic N) is 1. The van der Waals surface area contributed by atoms with E-state index in [0.29, 0.717) is 12.1 Å². The van der Waals surface area contributed by atoms with Gasteiger partial charge in [0.05, 0.1) is 0 Å². The lowest BCUT2D eigenvalue weighted by Gasteiger charge is -2.29. The summed E-state index contributed by atoms with van der Waals surface area (Å²) < 4.78 is 0. The van der Waals surface area contributed by atoms with E-state index < -0.39 is 0 Å². The highest BCUT2D eigenvalue weighted by molar-refractivity contribution is 7.09. The summed E-state index contributed by atoms with van der Waals surface area (Å²) in [6.07, 6.45) is 0. The van der Waals surface area contributed by atoms with E-state index in [1.54, 1.807) is 11.3 Å². The van der Waals surface area contributed by atoms with Crippen molar-refractivity contribution >= 4 is 24.2 Å². The Morgan fingerprint density at radius 1 is 1.23 bits per heavy atom. The molecule has 0 amide bonds. The van der Waals surface area contributed by atoms with Crippen molar-refractivity contribution in [2.45, 2.75) is 39.8 Å². The molecule has 0 N–H and O–H groups in total. The summed E-state index contributed by atoms with van der Waals surface area (Å²) in [5.74, 6) is 0. The van der Waals surface area contributed by atoms with Crippen molar-refractivity contribution in [1.82, 2.24) is 4.81 Å². The number of hydrogen-bond donors (Lipinski definition) is 0. The molecule has 0 aliphatic rings. The molecule has 0 saturated heterocycles. The Kier molecular flexibility index (Phi) is 4.01. The average Bonchev–Trinajstić information content (AvgIpc) is 2.50. The maximum absolute atomic E-state index is 2.38. The van der Waals surface area contributed by atoms with Crippen LogP contribution in [0.5, 0.6) is 0 Å². The minimum Gasteiger partial charge on any atom is -0.338 e. The van der Waals surface area contributed by atoms with Crippen LogP contribution < -0.4 is 5.46 Å². The van der Waals surface area contributed by atoms with Gasteiger partial charge in [0.15, 0.2) is 0 Å². The van der Waals surface area contributed by atoms with Crippen LogP contribution in [0.1, 0.15) is 27.7 Å². The monoisotopic (exact) mass is 194 g/mol. The molecule has 3 heteroatoms. The molecule has 0 aliphatic heterocycles. The first-order valence-electron chi connectivity index (χ1n) is 4.75. The molecule has 0 aliphatic carbocycles. The molecular formula is C10H17BNS. The second kappa shape index (κ2) is 4.82. The van der Waals surface area contributed by atoms with E-state index >= 15 is 0 Å². The van der Waals surface area contributed by atoms with Crippen LogP contribution in [-0.2, 0) is 0 Å². The Balaban J connectivity index is 2.58. The molecule has 1 aromatic rings. The summed E-state index contributed by atoms with van der Waals surface area (Å²) in [4.78, 5) is 2.38. The van der Waals surface area contributed by atoms with Gasteiger partial charge in [-0.3, -0.25) is 0 Å². The second-order valence-electron chi connectivity index (χ2n) is 3.82. The zero-order valence-electron chi connectivity index (χ0n) is 8.82. The Labute approximate surface area is 86.0 Å². The van der Waals surface area contributed by atoms with Gasteiger partial charge in [-0.15, -0.1) is 0 Å². The molecule has 1 aromatic heterocycles. The topological polar surface area (TPSA) is 3.24 Å². The Morgan fingerprint density at radius 2 is 1.85 bits per heavy atom. The lowest BCUT2D eigenvalue weighted by atomic mass is 9.80. The van der Waals surface area contributed by atoms with Crippen LogP contribution in [0, 0.1) is 0 Å². The zero-order chi connectivity index (χ0) is 9.84. The predicted octanol–water partition coefficient (Wildman–Crippen LogP) is 2.11. The quantitative estimate of drug-likeness (QED) is 0.663. The largest absolute Gasteiger partial charge is 0.338 e. The van der Waals surface area contributed by atoms with E-state index in [1.807, 2.05) is 0 Å². The number of hydrogen-bond acceptors (Lipinski definition) is 2. The molecule has 0 saturated carbocycles. The highest BCUT2D eigenvalue weighted by Crippen LogP contribution is 2.03. The minimum atomic E-state index is 0.569. The molecule has 1 nitrogen and oxygen atoms in total. The Morgan fingerprint density at radius 3 is 2.23 bits per heavy atom. The van der Waals surface area contributed by atoms with Gasteiger partial charge in [0, 0.05) is 0 Å². The summed E-state index contributed by atoms with van der Waals surface area (Å²) in [5.41, 5.74) is 1.31. The molecule has 1 heterocycles. The third-order valence-electron chi connectivity index (χ3n) is 2.03. The number of rotatable bonds is 4. The summed E-state index contributed by atoms with van der Waals surface area (Å²) in [6, 6.07) is 3.29. The third kappa shape index (κ3) is 3.16. The third-order valence-corrected chi connectivity index (χ3v) is 2.74. The van der Waals surface area contributed by atoms with E-state index in [4.69, 9.17) is 0 Å². The maximum atomic E-state index is 2.38. The molecular weight excluding hydrogens is 177 g/mol. The first-order valence-corrected chi connectivity index (χ1v) is 5.70. The molecule has 0 bridgehead atoms. The van der Waals surface area contributed by atoms with Crippen molar-refractivity contribution in [3.8, 4) is 0 Å². The molecule has 0 spiro atoms. The summed E-state index contributed by atoms with van der Waals surface area (Å²) in [6.45, 7) is 8.90. The smallest absolute Gasteiger partial charge is 0.249 e. The lowest BCUT2D eigenvalue weighted by Crippen LogP contribution is -2.44. The van der Waals surface area contributed by atoms with Crippen LogP contribution in [0.4, 0.5) is 0 Å². The van der Waals surface area contributed by atoms with E-state index in [1.165, 1.54) is 5.46 Å². The fourth-order valence-electron chi connectivity index (χ4n) is 1.42. The molecule has 0 atom stereocenters. The van der Waals surface area contributed by atoms with Gasteiger partial charge < -0.3 is 4.81 Å². The van der Waals surface area contributed by atoms with Crippen LogP contribution in [-0.4, -0.2) is 24.3 Å². The molecule has 0 unspecified atom stereocenters. The first kappa shape index (κ1) is 10.8.